The van der Waals surface area contributed by atoms with E-state index in [1.54, 1.807) is 19.4 Å². The number of pyridine rings is 1. The Labute approximate surface area is 170 Å². The lowest BCUT2D eigenvalue weighted by atomic mass is 10.1. The molecule has 0 aliphatic carbocycles. The van der Waals surface area contributed by atoms with Crippen molar-refractivity contribution in [3.05, 3.63) is 101 Å². The summed E-state index contributed by atoms with van der Waals surface area (Å²) >= 11 is 5.54. The summed E-state index contributed by atoms with van der Waals surface area (Å²) in [7, 11) is 1.81. The summed E-state index contributed by atoms with van der Waals surface area (Å²) < 4.78 is 4.80. The molecule has 4 nitrogen and oxygen atoms in total. The Morgan fingerprint density at radius 1 is 1.04 bits per heavy atom. The van der Waals surface area contributed by atoms with E-state index >= 15 is 0 Å². The topological polar surface area (TPSA) is 51.2 Å². The average Bonchev–Trinajstić information content (AvgIpc) is 2.75. The zero-order chi connectivity index (χ0) is 20.0. The maximum absolute atomic E-state index is 10.3. The molecule has 1 aromatic heterocycles. The van der Waals surface area contributed by atoms with E-state index in [9.17, 15) is 4.79 Å². The summed E-state index contributed by atoms with van der Waals surface area (Å²) in [6, 6.07) is 21.1. The summed E-state index contributed by atoms with van der Waals surface area (Å²) in [6.07, 6.45) is 3.45. The predicted octanol–water partition coefficient (Wildman–Crippen LogP) is 4.25. The van der Waals surface area contributed by atoms with Gasteiger partial charge in [-0.25, -0.2) is 0 Å². The fraction of sp³-hybridized carbons (Fsp3) is 0.130. The predicted molar refractivity (Wildman–Crippen MR) is 112 cm³/mol. The third kappa shape index (κ3) is 7.63. The third-order valence-electron chi connectivity index (χ3n) is 3.70. The minimum absolute atomic E-state index is 0.0961. The first-order valence-corrected chi connectivity index (χ1v) is 9.06. The quantitative estimate of drug-likeness (QED) is 0.520. The van der Waals surface area contributed by atoms with Crippen molar-refractivity contribution in [2.75, 3.05) is 13.7 Å². The average molecular weight is 393 g/mol. The van der Waals surface area contributed by atoms with Crippen LogP contribution in [-0.2, 0) is 9.53 Å². The largest absolute Gasteiger partial charge is 0.466 e. The van der Waals surface area contributed by atoms with Crippen LogP contribution in [-0.4, -0.2) is 25.1 Å². The first-order chi connectivity index (χ1) is 13.7. The van der Waals surface area contributed by atoms with Crippen molar-refractivity contribution >= 4 is 18.1 Å². The lowest BCUT2D eigenvalue weighted by molar-refractivity contribution is -0.129. The fourth-order valence-corrected chi connectivity index (χ4v) is 2.42. The lowest BCUT2D eigenvalue weighted by Gasteiger charge is -2.14. The molecule has 0 aliphatic heterocycles. The lowest BCUT2D eigenvalue weighted by Crippen LogP contribution is -2.21. The molecule has 0 spiro atoms. The minimum Gasteiger partial charge on any atom is -0.466 e. The fourth-order valence-electron chi connectivity index (χ4n) is 2.28. The highest BCUT2D eigenvalue weighted by Crippen LogP contribution is 2.13. The molecule has 142 valence electrons. The van der Waals surface area contributed by atoms with Gasteiger partial charge >= 0.3 is 0 Å². The third-order valence-corrected chi connectivity index (χ3v) is 3.95. The van der Waals surface area contributed by atoms with Gasteiger partial charge in [-0.15, -0.1) is 0 Å². The number of aromatic nitrogens is 1. The highest BCUT2D eigenvalue weighted by molar-refractivity contribution is 6.30. The molecule has 1 unspecified atom stereocenters. The van der Waals surface area contributed by atoms with E-state index < -0.39 is 0 Å². The molecule has 2 aromatic carbocycles. The zero-order valence-corrected chi connectivity index (χ0v) is 16.3. The van der Waals surface area contributed by atoms with Gasteiger partial charge in [0.2, 0.25) is 0 Å². The monoisotopic (exact) mass is 392 g/mol. The number of hydrogen-bond acceptors (Lipinski definition) is 4. The van der Waals surface area contributed by atoms with Gasteiger partial charge < -0.3 is 10.1 Å². The molecule has 1 atom stereocenters. The standard InChI is InChI=1S/C17H16N2O2.C6H5Cl/c1-18-17(12-21-13-20)16-9-15(10-19-11-16)8-7-14-5-3-2-4-6-14;7-6-4-2-1-3-5-6/h2-6,9-11,13,17-18H,12H2,1H3;1-5H. The van der Waals surface area contributed by atoms with Crippen LogP contribution < -0.4 is 5.32 Å². The van der Waals surface area contributed by atoms with Gasteiger partial charge in [-0.2, -0.15) is 0 Å². The van der Waals surface area contributed by atoms with Crippen molar-refractivity contribution in [3.63, 3.8) is 0 Å². The first-order valence-electron chi connectivity index (χ1n) is 8.68. The van der Waals surface area contributed by atoms with E-state index in [1.165, 1.54) is 0 Å². The van der Waals surface area contributed by atoms with E-state index in [0.29, 0.717) is 6.47 Å². The van der Waals surface area contributed by atoms with E-state index in [4.69, 9.17) is 16.3 Å². The number of benzene rings is 2. The van der Waals surface area contributed by atoms with Crippen LogP contribution in [0.4, 0.5) is 0 Å². The summed E-state index contributed by atoms with van der Waals surface area (Å²) in [4.78, 5) is 14.5. The van der Waals surface area contributed by atoms with Crippen LogP contribution >= 0.6 is 11.6 Å². The van der Waals surface area contributed by atoms with Gasteiger partial charge in [0.15, 0.2) is 0 Å². The van der Waals surface area contributed by atoms with Crippen molar-refractivity contribution < 1.29 is 9.53 Å². The highest BCUT2D eigenvalue weighted by Gasteiger charge is 2.10. The summed E-state index contributed by atoms with van der Waals surface area (Å²) in [5.74, 6) is 6.18. The second-order valence-corrected chi connectivity index (χ2v) is 6.13. The molecule has 0 aliphatic rings. The van der Waals surface area contributed by atoms with Crippen LogP contribution in [0.25, 0.3) is 0 Å². The second-order valence-electron chi connectivity index (χ2n) is 5.69. The molecule has 28 heavy (non-hydrogen) atoms. The molecule has 5 heteroatoms. The highest BCUT2D eigenvalue weighted by atomic mass is 35.5. The van der Waals surface area contributed by atoms with E-state index in [1.807, 2.05) is 66.7 Å². The number of carbonyl (C=O) groups excluding carboxylic acids is 1. The van der Waals surface area contributed by atoms with Crippen LogP contribution in [0.1, 0.15) is 22.7 Å². The number of ether oxygens (including phenoxy) is 1. The number of carbonyl (C=O) groups is 1. The van der Waals surface area contributed by atoms with Crippen LogP contribution in [0.15, 0.2) is 79.1 Å². The van der Waals surface area contributed by atoms with Crippen molar-refractivity contribution in [2.45, 2.75) is 6.04 Å². The van der Waals surface area contributed by atoms with Crippen LogP contribution in [0.3, 0.4) is 0 Å². The molecular formula is C23H21ClN2O2. The molecule has 3 aromatic rings. The Morgan fingerprint density at radius 2 is 1.68 bits per heavy atom. The molecule has 0 amide bonds. The van der Waals surface area contributed by atoms with Gasteiger partial charge in [-0.3, -0.25) is 9.78 Å². The summed E-state index contributed by atoms with van der Waals surface area (Å²) in [6.45, 7) is 0.702. The number of halogens is 1. The molecule has 1 N–H and O–H groups in total. The maximum Gasteiger partial charge on any atom is 0.293 e. The summed E-state index contributed by atoms with van der Waals surface area (Å²) in [5, 5.41) is 3.88. The number of nitrogens with one attached hydrogen (secondary N) is 1. The number of nitrogens with zero attached hydrogens (tertiary/aromatic N) is 1. The van der Waals surface area contributed by atoms with Crippen LogP contribution in [0.2, 0.25) is 5.02 Å². The number of rotatable bonds is 5. The maximum atomic E-state index is 10.3. The Balaban J connectivity index is 0.000000336. The molecule has 0 saturated carbocycles. The van der Waals surface area contributed by atoms with Crippen molar-refractivity contribution in [3.8, 4) is 11.8 Å². The molecule has 0 bridgehead atoms. The zero-order valence-electron chi connectivity index (χ0n) is 15.5. The van der Waals surface area contributed by atoms with Gasteiger partial charge in [-0.1, -0.05) is 59.8 Å². The molecule has 1 heterocycles. The van der Waals surface area contributed by atoms with Crippen LogP contribution in [0.5, 0.6) is 0 Å². The molecular weight excluding hydrogens is 372 g/mol. The molecule has 0 radical (unpaired) electrons. The van der Waals surface area contributed by atoms with Gasteiger partial charge in [0, 0.05) is 28.5 Å². The number of hydrogen-bond donors (Lipinski definition) is 1. The SMILES string of the molecule is CNC(COC=O)c1cncc(C#Cc2ccccc2)c1.Clc1ccccc1. The van der Waals surface area contributed by atoms with E-state index in [-0.39, 0.29) is 12.6 Å². The molecule has 0 saturated heterocycles. The Bertz CT molecular complexity index is 906. The number of likely N-dealkylation sites (N-methyl/N-ethyl adjacent to an activating group) is 1. The minimum atomic E-state index is -0.0961. The van der Waals surface area contributed by atoms with E-state index in [0.717, 1.165) is 21.7 Å². The Morgan fingerprint density at radius 3 is 2.25 bits per heavy atom. The van der Waals surface area contributed by atoms with Gasteiger partial charge in [0.25, 0.3) is 6.47 Å². The van der Waals surface area contributed by atoms with Gasteiger partial charge in [0.1, 0.15) is 6.61 Å². The Kier molecular flexibility index (Phi) is 9.30. The van der Waals surface area contributed by atoms with Crippen molar-refractivity contribution in [1.29, 1.82) is 0 Å². The van der Waals surface area contributed by atoms with Gasteiger partial charge in [-0.05, 0) is 42.9 Å². The van der Waals surface area contributed by atoms with Crippen molar-refractivity contribution in [2.24, 2.45) is 0 Å². The Hall–Kier alpha value is -3.13. The normalized spacial score (nSPS) is 10.5. The van der Waals surface area contributed by atoms with Crippen LogP contribution in [0, 0.1) is 11.8 Å². The smallest absolute Gasteiger partial charge is 0.293 e. The first kappa shape index (κ1) is 21.2. The van der Waals surface area contributed by atoms with Gasteiger partial charge in [0.05, 0.1) is 6.04 Å². The van der Waals surface area contributed by atoms with Crippen molar-refractivity contribution in [1.82, 2.24) is 10.3 Å². The van der Waals surface area contributed by atoms with E-state index in [2.05, 4.69) is 22.1 Å². The molecule has 0 fully saturated rings. The summed E-state index contributed by atoms with van der Waals surface area (Å²) in [5.41, 5.74) is 2.71. The second kappa shape index (κ2) is 12.3. The molecule has 3 rings (SSSR count).